The molecule has 0 radical (unpaired) electrons. The molecule has 0 bridgehead atoms. The van der Waals surface area contributed by atoms with Gasteiger partial charge in [-0.2, -0.15) is 4.31 Å². The maximum absolute atomic E-state index is 12.8. The average molecular weight is 360 g/mol. The molecule has 3 rings (SSSR count). The first-order chi connectivity index (χ1) is 11.0. The van der Waals surface area contributed by atoms with Crippen LogP contribution in [0, 0.1) is 0 Å². The molecule has 1 aromatic carbocycles. The molecule has 0 amide bonds. The first-order valence-electron chi connectivity index (χ1n) is 7.81. The summed E-state index contributed by atoms with van der Waals surface area (Å²) in [4.78, 5) is 2.60. The highest BCUT2D eigenvalue weighted by Gasteiger charge is 2.32. The summed E-state index contributed by atoms with van der Waals surface area (Å²) < 4.78 is 32.1. The van der Waals surface area contributed by atoms with Crippen molar-refractivity contribution in [2.75, 3.05) is 46.4 Å². The number of hydrogen-bond donors (Lipinski definition) is 1. The number of rotatable bonds is 4. The van der Waals surface area contributed by atoms with Crippen LogP contribution >= 0.6 is 11.6 Å². The zero-order valence-corrected chi connectivity index (χ0v) is 14.7. The Kier molecular flexibility index (Phi) is 5.13. The summed E-state index contributed by atoms with van der Waals surface area (Å²) in [5, 5.41) is 3.66. The van der Waals surface area contributed by atoms with Gasteiger partial charge in [-0.3, -0.25) is 4.90 Å². The maximum Gasteiger partial charge on any atom is 0.243 e. The number of sulfonamides is 1. The van der Waals surface area contributed by atoms with E-state index in [2.05, 4.69) is 10.2 Å². The fraction of sp³-hybridized carbons (Fsp3) is 0.600. The predicted molar refractivity (Wildman–Crippen MR) is 89.6 cm³/mol. The second-order valence-electron chi connectivity index (χ2n) is 5.88. The van der Waals surface area contributed by atoms with Gasteiger partial charge in [0.05, 0.1) is 17.0 Å². The average Bonchev–Trinajstić information content (AvgIpc) is 3.09. The Balaban J connectivity index is 1.70. The molecule has 1 aromatic rings. The van der Waals surface area contributed by atoms with Crippen LogP contribution in [0.2, 0.25) is 5.02 Å². The Morgan fingerprint density at radius 2 is 2.00 bits per heavy atom. The smallest absolute Gasteiger partial charge is 0.243 e. The number of nitrogens with one attached hydrogen (secondary N) is 1. The van der Waals surface area contributed by atoms with E-state index in [4.69, 9.17) is 16.3 Å². The molecule has 8 heteroatoms. The summed E-state index contributed by atoms with van der Waals surface area (Å²) in [6, 6.07) is 5.14. The van der Waals surface area contributed by atoms with Crippen molar-refractivity contribution in [2.45, 2.75) is 17.4 Å². The second-order valence-corrected chi connectivity index (χ2v) is 8.23. The van der Waals surface area contributed by atoms with Crippen LogP contribution in [0.4, 0.5) is 0 Å². The van der Waals surface area contributed by atoms with E-state index in [-0.39, 0.29) is 4.90 Å². The highest BCUT2D eigenvalue weighted by atomic mass is 35.5. The Hall–Kier alpha value is -0.860. The lowest BCUT2D eigenvalue weighted by molar-refractivity contribution is 0.145. The maximum atomic E-state index is 12.8. The SMILES string of the molecule is COc1ccc(S(=O)(=O)N2CCN(C3CCNC3)CC2)cc1Cl. The monoisotopic (exact) mass is 359 g/mol. The van der Waals surface area contributed by atoms with E-state index in [9.17, 15) is 8.42 Å². The molecular formula is C15H22ClN3O3S. The fourth-order valence-electron chi connectivity index (χ4n) is 3.22. The zero-order valence-electron chi connectivity index (χ0n) is 13.2. The van der Waals surface area contributed by atoms with Crippen molar-refractivity contribution >= 4 is 21.6 Å². The molecule has 0 spiro atoms. The molecule has 0 aromatic heterocycles. The van der Waals surface area contributed by atoms with Crippen LogP contribution in [-0.2, 0) is 10.0 Å². The van der Waals surface area contributed by atoms with Crippen LogP contribution in [0.3, 0.4) is 0 Å². The zero-order chi connectivity index (χ0) is 16.4. The van der Waals surface area contributed by atoms with E-state index < -0.39 is 10.0 Å². The first-order valence-corrected chi connectivity index (χ1v) is 9.62. The molecule has 0 saturated carbocycles. The van der Waals surface area contributed by atoms with E-state index in [0.717, 1.165) is 32.6 Å². The molecule has 2 aliphatic rings. The van der Waals surface area contributed by atoms with Gasteiger partial charge >= 0.3 is 0 Å². The normalized spacial score (nSPS) is 24.0. The standard InChI is InChI=1S/C15H22ClN3O3S/c1-22-15-3-2-13(10-14(15)16)23(20,21)19-8-6-18(7-9-19)12-4-5-17-11-12/h2-3,10,12,17H,4-9,11H2,1H3. The fourth-order valence-corrected chi connectivity index (χ4v) is 4.99. The largest absolute Gasteiger partial charge is 0.495 e. The van der Waals surface area contributed by atoms with Gasteiger partial charge in [0.15, 0.2) is 0 Å². The van der Waals surface area contributed by atoms with Crippen LogP contribution in [0.15, 0.2) is 23.1 Å². The number of halogens is 1. The minimum Gasteiger partial charge on any atom is -0.495 e. The highest BCUT2D eigenvalue weighted by Crippen LogP contribution is 2.29. The lowest BCUT2D eigenvalue weighted by Gasteiger charge is -2.37. The third-order valence-corrected chi connectivity index (χ3v) is 6.77. The molecule has 2 fully saturated rings. The Labute approximate surface area is 142 Å². The highest BCUT2D eigenvalue weighted by molar-refractivity contribution is 7.89. The lowest BCUT2D eigenvalue weighted by Crippen LogP contribution is -2.52. The van der Waals surface area contributed by atoms with Crippen LogP contribution in [0.25, 0.3) is 0 Å². The van der Waals surface area contributed by atoms with Crippen molar-refractivity contribution in [3.05, 3.63) is 23.2 Å². The molecule has 2 aliphatic heterocycles. The van der Waals surface area contributed by atoms with E-state index in [0.29, 0.717) is 29.9 Å². The van der Waals surface area contributed by atoms with Crippen molar-refractivity contribution in [1.29, 1.82) is 0 Å². The first kappa shape index (κ1) is 17.0. The minimum atomic E-state index is -3.51. The molecule has 128 valence electrons. The molecule has 6 nitrogen and oxygen atoms in total. The van der Waals surface area contributed by atoms with Gasteiger partial charge in [0.2, 0.25) is 10.0 Å². The van der Waals surface area contributed by atoms with Gasteiger partial charge < -0.3 is 10.1 Å². The van der Waals surface area contributed by atoms with Gasteiger partial charge in [0, 0.05) is 38.8 Å². The summed E-state index contributed by atoms with van der Waals surface area (Å²) >= 11 is 6.06. The number of nitrogens with zero attached hydrogens (tertiary/aromatic N) is 2. The van der Waals surface area contributed by atoms with Crippen molar-refractivity contribution < 1.29 is 13.2 Å². The minimum absolute atomic E-state index is 0.222. The molecule has 1 N–H and O–H groups in total. The van der Waals surface area contributed by atoms with Gasteiger partial charge in [-0.25, -0.2) is 8.42 Å². The van der Waals surface area contributed by atoms with Crippen molar-refractivity contribution in [1.82, 2.24) is 14.5 Å². The van der Waals surface area contributed by atoms with Crippen LogP contribution in [0.1, 0.15) is 6.42 Å². The summed E-state index contributed by atoms with van der Waals surface area (Å²) in [7, 11) is -2.00. The quantitative estimate of drug-likeness (QED) is 0.869. The van der Waals surface area contributed by atoms with Crippen LogP contribution in [-0.4, -0.2) is 70.0 Å². The van der Waals surface area contributed by atoms with E-state index in [1.54, 1.807) is 16.4 Å². The number of methoxy groups -OCH3 is 1. The number of benzene rings is 1. The third kappa shape index (κ3) is 3.49. The summed E-state index contributed by atoms with van der Waals surface area (Å²) in [6.45, 7) is 4.63. The van der Waals surface area contributed by atoms with Gasteiger partial charge in [-0.05, 0) is 31.2 Å². The Bertz CT molecular complexity index is 654. The number of piperazine rings is 1. The third-order valence-electron chi connectivity index (χ3n) is 4.58. The van der Waals surface area contributed by atoms with E-state index in [1.165, 1.54) is 13.2 Å². The van der Waals surface area contributed by atoms with Crippen LogP contribution < -0.4 is 10.1 Å². The van der Waals surface area contributed by atoms with Crippen molar-refractivity contribution in [2.24, 2.45) is 0 Å². The second kappa shape index (κ2) is 6.94. The van der Waals surface area contributed by atoms with Gasteiger partial charge in [0.1, 0.15) is 5.75 Å². The van der Waals surface area contributed by atoms with Crippen molar-refractivity contribution in [3.63, 3.8) is 0 Å². The summed E-state index contributed by atoms with van der Waals surface area (Å²) in [6.07, 6.45) is 1.14. The molecule has 1 unspecified atom stereocenters. The molecule has 23 heavy (non-hydrogen) atoms. The molecule has 2 saturated heterocycles. The van der Waals surface area contributed by atoms with E-state index >= 15 is 0 Å². The molecule has 1 atom stereocenters. The van der Waals surface area contributed by atoms with E-state index in [1.807, 2.05) is 0 Å². The summed E-state index contributed by atoms with van der Waals surface area (Å²) in [5.41, 5.74) is 0. The lowest BCUT2D eigenvalue weighted by atomic mass is 10.2. The van der Waals surface area contributed by atoms with Gasteiger partial charge in [-0.1, -0.05) is 11.6 Å². The van der Waals surface area contributed by atoms with Crippen LogP contribution in [0.5, 0.6) is 5.75 Å². The number of hydrogen-bond acceptors (Lipinski definition) is 5. The Morgan fingerprint density at radius 1 is 1.26 bits per heavy atom. The summed E-state index contributed by atoms with van der Waals surface area (Å²) in [5.74, 6) is 0.476. The number of ether oxygens (including phenoxy) is 1. The molecular weight excluding hydrogens is 338 g/mol. The van der Waals surface area contributed by atoms with Crippen molar-refractivity contribution in [3.8, 4) is 5.75 Å². The van der Waals surface area contributed by atoms with Gasteiger partial charge in [-0.15, -0.1) is 0 Å². The predicted octanol–water partition coefficient (Wildman–Crippen LogP) is 1.02. The Morgan fingerprint density at radius 3 is 2.57 bits per heavy atom. The molecule has 0 aliphatic carbocycles. The molecule has 2 heterocycles. The topological polar surface area (TPSA) is 61.9 Å². The van der Waals surface area contributed by atoms with Gasteiger partial charge in [0.25, 0.3) is 0 Å².